The second kappa shape index (κ2) is 4.97. The summed E-state index contributed by atoms with van der Waals surface area (Å²) >= 11 is 0. The Morgan fingerprint density at radius 3 is 2.88 bits per heavy atom. The van der Waals surface area contributed by atoms with Crippen LogP contribution in [-0.2, 0) is 6.54 Å². The Hall–Kier alpha value is -0.870. The second-order valence-electron chi connectivity index (χ2n) is 4.72. The van der Waals surface area contributed by atoms with Crippen LogP contribution in [0, 0.1) is 5.92 Å². The standard InChI is InChI=1S/C12H21N3O/c1-2-6-13-12(10-16,11-4-5-11)9-15-8-3-7-14-15/h3,7-8,11,13,16H,2,4-6,9-10H2,1H3. The van der Waals surface area contributed by atoms with Gasteiger partial charge in [0.25, 0.3) is 0 Å². The molecule has 0 bridgehead atoms. The number of nitrogens with one attached hydrogen (secondary N) is 1. The topological polar surface area (TPSA) is 50.1 Å². The van der Waals surface area contributed by atoms with Gasteiger partial charge in [0, 0.05) is 12.4 Å². The summed E-state index contributed by atoms with van der Waals surface area (Å²) in [6.07, 6.45) is 7.28. The van der Waals surface area contributed by atoms with Gasteiger partial charge in [-0.25, -0.2) is 0 Å². The first kappa shape index (κ1) is 11.6. The predicted molar refractivity (Wildman–Crippen MR) is 63.1 cm³/mol. The van der Waals surface area contributed by atoms with E-state index in [0.717, 1.165) is 19.5 Å². The highest BCUT2D eigenvalue weighted by Crippen LogP contribution is 2.40. The third-order valence-corrected chi connectivity index (χ3v) is 3.37. The van der Waals surface area contributed by atoms with E-state index in [1.54, 1.807) is 6.20 Å². The van der Waals surface area contributed by atoms with Crippen LogP contribution in [0.1, 0.15) is 26.2 Å². The van der Waals surface area contributed by atoms with Gasteiger partial charge in [-0.15, -0.1) is 0 Å². The quantitative estimate of drug-likeness (QED) is 0.725. The average Bonchev–Trinajstić information content (AvgIpc) is 3.05. The molecule has 4 heteroatoms. The number of rotatable bonds is 7. The number of hydrogen-bond acceptors (Lipinski definition) is 3. The van der Waals surface area contributed by atoms with E-state index in [0.29, 0.717) is 5.92 Å². The van der Waals surface area contributed by atoms with Gasteiger partial charge < -0.3 is 10.4 Å². The van der Waals surface area contributed by atoms with Crippen LogP contribution in [0.15, 0.2) is 18.5 Å². The van der Waals surface area contributed by atoms with Gasteiger partial charge in [-0.2, -0.15) is 5.10 Å². The molecule has 1 atom stereocenters. The lowest BCUT2D eigenvalue weighted by molar-refractivity contribution is 0.118. The summed E-state index contributed by atoms with van der Waals surface area (Å²) in [5, 5.41) is 17.5. The summed E-state index contributed by atoms with van der Waals surface area (Å²) in [7, 11) is 0. The molecule has 0 aromatic carbocycles. The highest BCUT2D eigenvalue weighted by Gasteiger charge is 2.44. The van der Waals surface area contributed by atoms with E-state index in [9.17, 15) is 5.11 Å². The third-order valence-electron chi connectivity index (χ3n) is 3.37. The second-order valence-corrected chi connectivity index (χ2v) is 4.72. The molecule has 0 aliphatic heterocycles. The van der Waals surface area contributed by atoms with Crippen LogP contribution in [0.25, 0.3) is 0 Å². The Kier molecular flexibility index (Phi) is 3.61. The maximum atomic E-state index is 9.71. The Labute approximate surface area is 96.7 Å². The minimum atomic E-state index is -0.165. The summed E-state index contributed by atoms with van der Waals surface area (Å²) in [6.45, 7) is 4.06. The van der Waals surface area contributed by atoms with Gasteiger partial charge in [0.1, 0.15) is 0 Å². The average molecular weight is 223 g/mol. The van der Waals surface area contributed by atoms with E-state index in [4.69, 9.17) is 0 Å². The number of hydrogen-bond donors (Lipinski definition) is 2. The van der Waals surface area contributed by atoms with Crippen molar-refractivity contribution in [1.29, 1.82) is 0 Å². The number of aromatic nitrogens is 2. The maximum Gasteiger partial charge on any atom is 0.0641 e. The van der Waals surface area contributed by atoms with Crippen molar-refractivity contribution in [3.05, 3.63) is 18.5 Å². The summed E-state index contributed by atoms with van der Waals surface area (Å²) in [5.41, 5.74) is -0.165. The van der Waals surface area contributed by atoms with Crippen LogP contribution in [0.3, 0.4) is 0 Å². The van der Waals surface area contributed by atoms with Crippen LogP contribution < -0.4 is 5.32 Å². The zero-order valence-corrected chi connectivity index (χ0v) is 9.89. The number of aliphatic hydroxyl groups is 1. The molecule has 0 spiro atoms. The molecule has 90 valence electrons. The van der Waals surface area contributed by atoms with E-state index in [-0.39, 0.29) is 12.1 Å². The summed E-state index contributed by atoms with van der Waals surface area (Å²) in [4.78, 5) is 0. The first-order chi connectivity index (χ1) is 7.80. The van der Waals surface area contributed by atoms with Gasteiger partial charge in [0.05, 0.1) is 18.7 Å². The lowest BCUT2D eigenvalue weighted by Crippen LogP contribution is -2.54. The van der Waals surface area contributed by atoms with Crippen molar-refractivity contribution in [1.82, 2.24) is 15.1 Å². The van der Waals surface area contributed by atoms with Gasteiger partial charge in [-0.05, 0) is 37.8 Å². The summed E-state index contributed by atoms with van der Waals surface area (Å²) in [6, 6.07) is 1.93. The molecule has 1 heterocycles. The van der Waals surface area contributed by atoms with Crippen molar-refractivity contribution in [2.75, 3.05) is 13.2 Å². The van der Waals surface area contributed by atoms with E-state index in [2.05, 4.69) is 17.3 Å². The summed E-state index contributed by atoms with van der Waals surface area (Å²) in [5.74, 6) is 0.605. The van der Waals surface area contributed by atoms with Gasteiger partial charge in [-0.1, -0.05) is 6.92 Å². The zero-order valence-electron chi connectivity index (χ0n) is 9.89. The van der Waals surface area contributed by atoms with Gasteiger partial charge in [-0.3, -0.25) is 4.68 Å². The van der Waals surface area contributed by atoms with Crippen molar-refractivity contribution < 1.29 is 5.11 Å². The Bertz CT molecular complexity index is 308. The smallest absolute Gasteiger partial charge is 0.0641 e. The molecular weight excluding hydrogens is 202 g/mol. The van der Waals surface area contributed by atoms with E-state index in [1.165, 1.54) is 12.8 Å². The largest absolute Gasteiger partial charge is 0.394 e. The number of aliphatic hydroxyl groups excluding tert-OH is 1. The van der Waals surface area contributed by atoms with Gasteiger partial charge >= 0.3 is 0 Å². The van der Waals surface area contributed by atoms with E-state index in [1.807, 2.05) is 16.9 Å². The van der Waals surface area contributed by atoms with Crippen LogP contribution in [0.5, 0.6) is 0 Å². The molecule has 0 radical (unpaired) electrons. The molecule has 1 aromatic heterocycles. The molecule has 4 nitrogen and oxygen atoms in total. The molecule has 16 heavy (non-hydrogen) atoms. The molecule has 1 aromatic rings. The van der Waals surface area contributed by atoms with Crippen LogP contribution in [-0.4, -0.2) is 33.6 Å². The fourth-order valence-electron chi connectivity index (χ4n) is 2.26. The molecule has 1 fully saturated rings. The zero-order chi connectivity index (χ0) is 11.4. The maximum absolute atomic E-state index is 9.71. The molecule has 1 aliphatic rings. The Morgan fingerprint density at radius 2 is 2.38 bits per heavy atom. The highest BCUT2D eigenvalue weighted by molar-refractivity contribution is 5.01. The highest BCUT2D eigenvalue weighted by atomic mass is 16.3. The van der Waals surface area contributed by atoms with E-state index >= 15 is 0 Å². The molecule has 1 aliphatic carbocycles. The van der Waals surface area contributed by atoms with Crippen molar-refractivity contribution in [2.45, 2.75) is 38.3 Å². The van der Waals surface area contributed by atoms with Crippen molar-refractivity contribution in [3.63, 3.8) is 0 Å². The fourth-order valence-corrected chi connectivity index (χ4v) is 2.26. The van der Waals surface area contributed by atoms with Gasteiger partial charge in [0.2, 0.25) is 0 Å². The molecule has 2 N–H and O–H groups in total. The molecule has 2 rings (SSSR count). The lowest BCUT2D eigenvalue weighted by Gasteiger charge is -2.33. The summed E-state index contributed by atoms with van der Waals surface area (Å²) < 4.78 is 1.91. The van der Waals surface area contributed by atoms with Crippen molar-refractivity contribution in [2.24, 2.45) is 5.92 Å². The van der Waals surface area contributed by atoms with Crippen molar-refractivity contribution in [3.8, 4) is 0 Å². The minimum absolute atomic E-state index is 0.165. The van der Waals surface area contributed by atoms with E-state index < -0.39 is 0 Å². The lowest BCUT2D eigenvalue weighted by atomic mass is 9.94. The van der Waals surface area contributed by atoms with Crippen LogP contribution in [0.4, 0.5) is 0 Å². The molecular formula is C12H21N3O. The van der Waals surface area contributed by atoms with Gasteiger partial charge in [0.15, 0.2) is 0 Å². The van der Waals surface area contributed by atoms with Crippen molar-refractivity contribution >= 4 is 0 Å². The fraction of sp³-hybridized carbons (Fsp3) is 0.750. The first-order valence-corrected chi connectivity index (χ1v) is 6.14. The molecule has 0 amide bonds. The Balaban J connectivity index is 2.06. The predicted octanol–water partition coefficient (Wildman–Crippen LogP) is 1.02. The van der Waals surface area contributed by atoms with Crippen LogP contribution in [0.2, 0.25) is 0 Å². The SMILES string of the molecule is CCCNC(CO)(Cn1cccn1)C1CC1. The first-order valence-electron chi connectivity index (χ1n) is 6.14. The van der Waals surface area contributed by atoms with Crippen LogP contribution >= 0.6 is 0 Å². The molecule has 1 saturated carbocycles. The molecule has 0 saturated heterocycles. The monoisotopic (exact) mass is 223 g/mol. The molecule has 1 unspecified atom stereocenters. The number of nitrogens with zero attached hydrogens (tertiary/aromatic N) is 2. The normalized spacial score (nSPS) is 19.6. The minimum Gasteiger partial charge on any atom is -0.394 e. The third kappa shape index (κ3) is 2.44. The Morgan fingerprint density at radius 1 is 1.56 bits per heavy atom.